The fraction of sp³-hybridized carbons (Fsp3) is 0.857. The first-order valence-corrected chi connectivity index (χ1v) is 4.68. The van der Waals surface area contributed by atoms with Gasteiger partial charge in [-0.2, -0.15) is 11.8 Å². The van der Waals surface area contributed by atoms with Gasteiger partial charge in [0.15, 0.2) is 5.60 Å². The van der Waals surface area contributed by atoms with Gasteiger partial charge >= 0.3 is 0 Å². The second-order valence-electron chi connectivity index (χ2n) is 3.20. The molecule has 1 unspecified atom stereocenters. The first kappa shape index (κ1) is 6.53. The minimum atomic E-state index is 0.0365. The maximum Gasteiger partial charge on any atom is 0.152 e. The molecule has 0 aromatic rings. The molecule has 0 amide bonds. The van der Waals surface area contributed by atoms with Crippen LogP contribution in [0.1, 0.15) is 13.8 Å². The molecule has 56 valence electrons. The number of rotatable bonds is 0. The van der Waals surface area contributed by atoms with Crippen LogP contribution in [0.3, 0.4) is 0 Å². The van der Waals surface area contributed by atoms with Gasteiger partial charge in [0, 0.05) is 11.5 Å². The molecule has 1 saturated heterocycles. The van der Waals surface area contributed by atoms with Gasteiger partial charge in [-0.15, -0.1) is 0 Å². The predicted octanol–water partition coefficient (Wildman–Crippen LogP) is 1.51. The lowest BCUT2D eigenvalue weighted by Crippen LogP contribution is -2.33. The van der Waals surface area contributed by atoms with Crippen molar-refractivity contribution in [1.82, 2.24) is 0 Å². The minimum Gasteiger partial charge on any atom is -0.388 e. The van der Waals surface area contributed by atoms with Gasteiger partial charge in [0.2, 0.25) is 0 Å². The monoisotopic (exact) mass is 157 g/mol. The molecule has 0 aliphatic carbocycles. The third-order valence-corrected chi connectivity index (χ3v) is 3.66. The van der Waals surface area contributed by atoms with Gasteiger partial charge in [-0.1, -0.05) is 5.16 Å². The van der Waals surface area contributed by atoms with E-state index in [1.807, 2.05) is 11.8 Å². The third kappa shape index (κ3) is 0.698. The Bertz CT molecular complexity index is 192. The van der Waals surface area contributed by atoms with E-state index in [4.69, 9.17) is 4.84 Å². The van der Waals surface area contributed by atoms with Gasteiger partial charge in [0.25, 0.3) is 0 Å². The summed E-state index contributed by atoms with van der Waals surface area (Å²) in [6.07, 6.45) is 0. The maximum atomic E-state index is 5.34. The van der Waals surface area contributed by atoms with Crippen LogP contribution < -0.4 is 0 Å². The zero-order valence-electron chi connectivity index (χ0n) is 6.26. The van der Waals surface area contributed by atoms with E-state index in [2.05, 4.69) is 19.0 Å². The van der Waals surface area contributed by atoms with E-state index in [1.165, 1.54) is 11.5 Å². The first-order chi connectivity index (χ1) is 4.72. The van der Waals surface area contributed by atoms with Gasteiger partial charge in [-0.05, 0) is 13.8 Å². The number of hydrogen-bond donors (Lipinski definition) is 0. The van der Waals surface area contributed by atoms with Crippen molar-refractivity contribution in [2.45, 2.75) is 19.4 Å². The molecule has 2 nitrogen and oxygen atoms in total. The SMILES string of the molecule is CC1=NO[C@]2(C)CSCC12. The molecule has 2 rings (SSSR count). The van der Waals surface area contributed by atoms with Crippen molar-refractivity contribution in [3.8, 4) is 0 Å². The molecule has 2 aliphatic heterocycles. The second kappa shape index (κ2) is 1.91. The smallest absolute Gasteiger partial charge is 0.152 e. The van der Waals surface area contributed by atoms with E-state index in [1.54, 1.807) is 0 Å². The molecule has 2 aliphatic rings. The lowest BCUT2D eigenvalue weighted by molar-refractivity contribution is -0.000497. The maximum absolute atomic E-state index is 5.34. The summed E-state index contributed by atoms with van der Waals surface area (Å²) < 4.78 is 0. The average Bonchev–Trinajstić information content (AvgIpc) is 2.35. The van der Waals surface area contributed by atoms with Crippen LogP contribution in [0, 0.1) is 5.92 Å². The van der Waals surface area contributed by atoms with Gasteiger partial charge in [0.05, 0.1) is 11.6 Å². The molecule has 1 fully saturated rings. The van der Waals surface area contributed by atoms with Crippen LogP contribution in [0.15, 0.2) is 5.16 Å². The summed E-state index contributed by atoms with van der Waals surface area (Å²) in [6.45, 7) is 4.21. The standard InChI is InChI=1S/C7H11NOS/c1-5-6-3-10-4-7(6,2)9-8-5/h6H,3-4H2,1-2H3/t6?,7-/m1/s1. The highest BCUT2D eigenvalue weighted by molar-refractivity contribution is 7.99. The van der Waals surface area contributed by atoms with E-state index in [-0.39, 0.29) is 5.60 Å². The van der Waals surface area contributed by atoms with Crippen LogP contribution in [0.2, 0.25) is 0 Å². The summed E-state index contributed by atoms with van der Waals surface area (Å²) in [5.74, 6) is 2.86. The van der Waals surface area contributed by atoms with Gasteiger partial charge in [-0.25, -0.2) is 0 Å². The van der Waals surface area contributed by atoms with Crippen molar-refractivity contribution in [1.29, 1.82) is 0 Å². The van der Waals surface area contributed by atoms with Gasteiger partial charge in [-0.3, -0.25) is 0 Å². The molecular weight excluding hydrogens is 146 g/mol. The number of fused-ring (bicyclic) bond motifs is 1. The number of oxime groups is 1. The van der Waals surface area contributed by atoms with Crippen molar-refractivity contribution in [3.05, 3.63) is 0 Å². The number of hydrogen-bond acceptors (Lipinski definition) is 3. The summed E-state index contributed by atoms with van der Waals surface area (Å²) in [7, 11) is 0. The molecule has 2 heterocycles. The molecule has 0 saturated carbocycles. The zero-order chi connectivity index (χ0) is 7.19. The van der Waals surface area contributed by atoms with Crippen LogP contribution in [0.5, 0.6) is 0 Å². The van der Waals surface area contributed by atoms with Crippen molar-refractivity contribution in [2.24, 2.45) is 11.1 Å². The van der Waals surface area contributed by atoms with Gasteiger partial charge in [0.1, 0.15) is 0 Å². The lowest BCUT2D eigenvalue weighted by Gasteiger charge is -2.19. The van der Waals surface area contributed by atoms with Crippen LogP contribution in [0.4, 0.5) is 0 Å². The Balaban J connectivity index is 2.27. The summed E-state index contributed by atoms with van der Waals surface area (Å²) >= 11 is 1.96. The summed E-state index contributed by atoms with van der Waals surface area (Å²) in [4.78, 5) is 5.34. The predicted molar refractivity (Wildman–Crippen MR) is 43.4 cm³/mol. The minimum absolute atomic E-state index is 0.0365. The molecule has 0 aromatic heterocycles. The zero-order valence-corrected chi connectivity index (χ0v) is 7.07. The summed E-state index contributed by atoms with van der Waals surface area (Å²) in [5, 5.41) is 4.00. The Morgan fingerprint density at radius 2 is 2.60 bits per heavy atom. The van der Waals surface area contributed by atoms with Crippen molar-refractivity contribution in [2.75, 3.05) is 11.5 Å². The second-order valence-corrected chi connectivity index (χ2v) is 4.23. The molecule has 0 aromatic carbocycles. The molecule has 0 radical (unpaired) electrons. The van der Waals surface area contributed by atoms with Crippen LogP contribution in [-0.2, 0) is 4.84 Å². The fourth-order valence-corrected chi connectivity index (χ4v) is 3.16. The molecule has 0 spiro atoms. The van der Waals surface area contributed by atoms with E-state index < -0.39 is 0 Å². The Kier molecular flexibility index (Phi) is 1.24. The van der Waals surface area contributed by atoms with E-state index in [9.17, 15) is 0 Å². The van der Waals surface area contributed by atoms with Crippen molar-refractivity contribution in [3.63, 3.8) is 0 Å². The fourth-order valence-electron chi connectivity index (χ4n) is 1.55. The Morgan fingerprint density at radius 3 is 3.30 bits per heavy atom. The lowest BCUT2D eigenvalue weighted by atomic mass is 9.90. The van der Waals surface area contributed by atoms with E-state index >= 15 is 0 Å². The molecule has 0 bridgehead atoms. The topological polar surface area (TPSA) is 21.6 Å². The molecule has 2 atom stereocenters. The third-order valence-electron chi connectivity index (χ3n) is 2.31. The normalized spacial score (nSPS) is 44.6. The van der Waals surface area contributed by atoms with E-state index in [0.717, 1.165) is 5.75 Å². The highest BCUT2D eigenvalue weighted by Gasteiger charge is 2.47. The molecule has 0 N–H and O–H groups in total. The van der Waals surface area contributed by atoms with Crippen molar-refractivity contribution >= 4 is 17.5 Å². The van der Waals surface area contributed by atoms with Crippen LogP contribution in [0.25, 0.3) is 0 Å². The summed E-state index contributed by atoms with van der Waals surface area (Å²) in [5.41, 5.74) is 1.21. The first-order valence-electron chi connectivity index (χ1n) is 3.53. The molecule has 10 heavy (non-hydrogen) atoms. The molecule has 3 heteroatoms. The Hall–Kier alpha value is -0.180. The number of thioether (sulfide) groups is 1. The largest absolute Gasteiger partial charge is 0.388 e. The highest BCUT2D eigenvalue weighted by atomic mass is 32.2. The average molecular weight is 157 g/mol. The number of nitrogens with zero attached hydrogens (tertiary/aromatic N) is 1. The summed E-state index contributed by atoms with van der Waals surface area (Å²) in [6, 6.07) is 0. The highest BCUT2D eigenvalue weighted by Crippen LogP contribution is 2.41. The van der Waals surface area contributed by atoms with Crippen LogP contribution >= 0.6 is 11.8 Å². The molecular formula is C7H11NOS. The van der Waals surface area contributed by atoms with Gasteiger partial charge < -0.3 is 4.84 Å². The van der Waals surface area contributed by atoms with E-state index in [0.29, 0.717) is 5.92 Å². The van der Waals surface area contributed by atoms with Crippen LogP contribution in [-0.4, -0.2) is 22.8 Å². The Morgan fingerprint density at radius 1 is 1.80 bits per heavy atom. The quantitative estimate of drug-likeness (QED) is 0.531. The van der Waals surface area contributed by atoms with Crippen molar-refractivity contribution < 1.29 is 4.84 Å². The Labute approximate surface area is 65.0 Å².